The molecule has 6 nitrogen and oxygen atoms in total. The Balaban J connectivity index is 1.60. The van der Waals surface area contributed by atoms with Gasteiger partial charge in [0.1, 0.15) is 11.4 Å². The van der Waals surface area contributed by atoms with Crippen LogP contribution in [0, 0.1) is 0 Å². The summed E-state index contributed by atoms with van der Waals surface area (Å²) < 4.78 is 5.72. The SMILES string of the molecule is CC1(C)NC(=O)c2cc(NC(=O)c3cc4cc(Cl)ccc4[nH]3)ccc2O1. The molecule has 0 unspecified atom stereocenters. The topological polar surface area (TPSA) is 83.2 Å². The molecule has 0 spiro atoms. The minimum atomic E-state index is -0.763. The van der Waals surface area contributed by atoms with Crippen LogP contribution in [0.1, 0.15) is 34.7 Å². The highest BCUT2D eigenvalue weighted by atomic mass is 35.5. The molecule has 2 aromatic carbocycles. The van der Waals surface area contributed by atoms with Crippen LogP contribution in [0.15, 0.2) is 42.5 Å². The van der Waals surface area contributed by atoms with Crippen molar-refractivity contribution in [3.05, 3.63) is 58.7 Å². The van der Waals surface area contributed by atoms with Crippen molar-refractivity contribution in [3.8, 4) is 5.75 Å². The lowest BCUT2D eigenvalue weighted by atomic mass is 10.1. The number of aromatic nitrogens is 1. The number of anilines is 1. The molecule has 3 N–H and O–H groups in total. The predicted molar refractivity (Wildman–Crippen MR) is 99.9 cm³/mol. The molecule has 132 valence electrons. The molecule has 0 atom stereocenters. The number of H-pyrrole nitrogens is 1. The smallest absolute Gasteiger partial charge is 0.272 e. The van der Waals surface area contributed by atoms with Crippen LogP contribution >= 0.6 is 11.6 Å². The Morgan fingerprint density at radius 2 is 1.96 bits per heavy atom. The van der Waals surface area contributed by atoms with E-state index in [1.54, 1.807) is 50.2 Å². The molecule has 2 amide bonds. The second-order valence-corrected chi connectivity index (χ2v) is 7.08. The van der Waals surface area contributed by atoms with E-state index in [9.17, 15) is 9.59 Å². The van der Waals surface area contributed by atoms with Crippen molar-refractivity contribution < 1.29 is 14.3 Å². The van der Waals surface area contributed by atoms with Crippen LogP contribution in [0.4, 0.5) is 5.69 Å². The third-order valence-corrected chi connectivity index (χ3v) is 4.32. The van der Waals surface area contributed by atoms with Crippen LogP contribution in [0.2, 0.25) is 5.02 Å². The van der Waals surface area contributed by atoms with Gasteiger partial charge in [-0.1, -0.05) is 11.6 Å². The third kappa shape index (κ3) is 2.99. The van der Waals surface area contributed by atoms with Crippen molar-refractivity contribution in [3.63, 3.8) is 0 Å². The second-order valence-electron chi connectivity index (χ2n) is 6.65. The van der Waals surface area contributed by atoms with E-state index in [2.05, 4.69) is 15.6 Å². The molecular formula is C19H16ClN3O3. The Morgan fingerprint density at radius 3 is 2.77 bits per heavy atom. The first-order valence-corrected chi connectivity index (χ1v) is 8.44. The maximum atomic E-state index is 12.5. The lowest BCUT2D eigenvalue weighted by Gasteiger charge is -2.33. The first kappa shape index (κ1) is 16.5. The number of halogens is 1. The molecule has 4 rings (SSSR count). The summed E-state index contributed by atoms with van der Waals surface area (Å²) in [6.45, 7) is 3.54. The first-order valence-electron chi connectivity index (χ1n) is 8.06. The number of nitrogens with one attached hydrogen (secondary N) is 3. The number of amides is 2. The Bertz CT molecular complexity index is 1060. The zero-order chi connectivity index (χ0) is 18.5. The zero-order valence-corrected chi connectivity index (χ0v) is 14.9. The van der Waals surface area contributed by atoms with E-state index in [1.165, 1.54) is 0 Å². The van der Waals surface area contributed by atoms with Crippen LogP contribution in [0.25, 0.3) is 10.9 Å². The number of benzene rings is 2. The highest BCUT2D eigenvalue weighted by molar-refractivity contribution is 6.31. The Kier molecular flexibility index (Phi) is 3.66. The normalized spacial score (nSPS) is 15.1. The van der Waals surface area contributed by atoms with E-state index in [4.69, 9.17) is 16.3 Å². The fourth-order valence-corrected chi connectivity index (χ4v) is 3.12. The van der Waals surface area contributed by atoms with Gasteiger partial charge in [-0.25, -0.2) is 0 Å². The van der Waals surface area contributed by atoms with Gasteiger partial charge in [0.05, 0.1) is 5.56 Å². The summed E-state index contributed by atoms with van der Waals surface area (Å²) in [6.07, 6.45) is 0. The molecule has 2 heterocycles. The molecule has 1 aliphatic heterocycles. The number of aromatic amines is 1. The number of carbonyl (C=O) groups is 2. The second kappa shape index (κ2) is 5.78. The van der Waals surface area contributed by atoms with E-state index in [-0.39, 0.29) is 11.8 Å². The Morgan fingerprint density at radius 1 is 1.15 bits per heavy atom. The molecule has 0 saturated carbocycles. The van der Waals surface area contributed by atoms with Gasteiger partial charge >= 0.3 is 0 Å². The average Bonchev–Trinajstić information content (AvgIpc) is 2.98. The van der Waals surface area contributed by atoms with Crippen LogP contribution in [-0.4, -0.2) is 22.5 Å². The van der Waals surface area contributed by atoms with Gasteiger partial charge in [0, 0.05) is 21.6 Å². The van der Waals surface area contributed by atoms with E-state index in [0.29, 0.717) is 27.7 Å². The van der Waals surface area contributed by atoms with Crippen molar-refractivity contribution in [1.82, 2.24) is 10.3 Å². The standard InChI is InChI=1S/C19H16ClN3O3/c1-19(2)23-17(24)13-9-12(4-6-16(13)26-19)21-18(25)15-8-10-7-11(20)3-5-14(10)22-15/h3-9,22H,1-2H3,(H,21,25)(H,23,24). The summed E-state index contributed by atoms with van der Waals surface area (Å²) in [5.74, 6) is -0.0701. The van der Waals surface area contributed by atoms with Crippen molar-refractivity contribution in [2.24, 2.45) is 0 Å². The lowest BCUT2D eigenvalue weighted by Crippen LogP contribution is -2.51. The molecule has 1 aliphatic rings. The van der Waals surface area contributed by atoms with Gasteiger partial charge in [0.15, 0.2) is 5.72 Å². The quantitative estimate of drug-likeness (QED) is 0.640. The maximum absolute atomic E-state index is 12.5. The zero-order valence-electron chi connectivity index (χ0n) is 14.1. The minimum absolute atomic E-state index is 0.243. The molecule has 0 radical (unpaired) electrons. The molecule has 0 fully saturated rings. The van der Waals surface area contributed by atoms with Gasteiger partial charge in [-0.15, -0.1) is 0 Å². The fourth-order valence-electron chi connectivity index (χ4n) is 2.94. The van der Waals surface area contributed by atoms with Gasteiger partial charge in [0.2, 0.25) is 0 Å². The van der Waals surface area contributed by atoms with Crippen molar-refractivity contribution in [1.29, 1.82) is 0 Å². The van der Waals surface area contributed by atoms with Crippen LogP contribution in [-0.2, 0) is 0 Å². The molecule has 1 aromatic heterocycles. The number of hydrogen-bond acceptors (Lipinski definition) is 3. The number of fused-ring (bicyclic) bond motifs is 2. The predicted octanol–water partition coefficient (Wildman–Crippen LogP) is 3.93. The van der Waals surface area contributed by atoms with E-state index >= 15 is 0 Å². The van der Waals surface area contributed by atoms with Crippen molar-refractivity contribution in [2.45, 2.75) is 19.6 Å². The third-order valence-electron chi connectivity index (χ3n) is 4.09. The van der Waals surface area contributed by atoms with E-state index in [0.717, 1.165) is 10.9 Å². The monoisotopic (exact) mass is 369 g/mol. The van der Waals surface area contributed by atoms with Crippen molar-refractivity contribution >= 4 is 40.0 Å². The number of rotatable bonds is 2. The lowest BCUT2D eigenvalue weighted by molar-refractivity contribution is 0.0433. The van der Waals surface area contributed by atoms with Crippen molar-refractivity contribution in [2.75, 3.05) is 5.32 Å². The molecule has 7 heteroatoms. The van der Waals surface area contributed by atoms with E-state index < -0.39 is 5.72 Å². The van der Waals surface area contributed by atoms with Gasteiger partial charge < -0.3 is 20.4 Å². The number of ether oxygens (including phenoxy) is 1. The molecule has 26 heavy (non-hydrogen) atoms. The van der Waals surface area contributed by atoms with Gasteiger partial charge in [-0.05, 0) is 56.3 Å². The summed E-state index contributed by atoms with van der Waals surface area (Å²) in [6, 6.07) is 12.1. The Hall–Kier alpha value is -2.99. The molecule has 0 saturated heterocycles. The first-order chi connectivity index (χ1) is 12.3. The van der Waals surface area contributed by atoms with Gasteiger partial charge in [0.25, 0.3) is 11.8 Å². The fraction of sp³-hybridized carbons (Fsp3) is 0.158. The van der Waals surface area contributed by atoms with Gasteiger partial charge in [-0.2, -0.15) is 0 Å². The Labute approximate surface area is 154 Å². The number of carbonyl (C=O) groups excluding carboxylic acids is 2. The molecule has 0 aliphatic carbocycles. The minimum Gasteiger partial charge on any atom is -0.468 e. The van der Waals surface area contributed by atoms with Crippen LogP contribution in [0.3, 0.4) is 0 Å². The van der Waals surface area contributed by atoms with Crippen LogP contribution < -0.4 is 15.4 Å². The summed E-state index contributed by atoms with van der Waals surface area (Å²) in [5.41, 5.74) is 1.34. The summed E-state index contributed by atoms with van der Waals surface area (Å²) in [7, 11) is 0. The number of hydrogen-bond donors (Lipinski definition) is 3. The van der Waals surface area contributed by atoms with Gasteiger partial charge in [-0.3, -0.25) is 9.59 Å². The summed E-state index contributed by atoms with van der Waals surface area (Å²) >= 11 is 5.97. The largest absolute Gasteiger partial charge is 0.468 e. The molecule has 3 aromatic rings. The van der Waals surface area contributed by atoms with E-state index in [1.807, 2.05) is 6.07 Å². The highest BCUT2D eigenvalue weighted by Gasteiger charge is 2.31. The maximum Gasteiger partial charge on any atom is 0.272 e. The summed E-state index contributed by atoms with van der Waals surface area (Å²) in [4.78, 5) is 27.8. The summed E-state index contributed by atoms with van der Waals surface area (Å²) in [5, 5.41) is 6.99. The molecule has 0 bridgehead atoms. The molecular weight excluding hydrogens is 354 g/mol. The van der Waals surface area contributed by atoms with Crippen LogP contribution in [0.5, 0.6) is 5.75 Å². The average molecular weight is 370 g/mol. The highest BCUT2D eigenvalue weighted by Crippen LogP contribution is 2.30.